The molecule has 1 heterocycles. The van der Waals surface area contributed by atoms with Gasteiger partial charge in [0.15, 0.2) is 0 Å². The normalized spacial score (nSPS) is 11.2. The molecule has 2 aromatic carbocycles. The van der Waals surface area contributed by atoms with E-state index < -0.39 is 0 Å². The highest BCUT2D eigenvalue weighted by Gasteiger charge is 2.13. The number of carbonyl (C=O) groups is 1. The van der Waals surface area contributed by atoms with Crippen LogP contribution in [0.15, 0.2) is 77.7 Å². The molecule has 5 nitrogen and oxygen atoms in total. The van der Waals surface area contributed by atoms with Crippen molar-refractivity contribution in [2.75, 3.05) is 24.3 Å². The molecule has 0 aliphatic heterocycles. The first kappa shape index (κ1) is 19.2. The molecule has 5 heteroatoms. The number of carbonyl (C=O) groups excluding carboxylic acids is 1. The molecule has 1 aromatic heterocycles. The van der Waals surface area contributed by atoms with Gasteiger partial charge in [-0.1, -0.05) is 35.9 Å². The van der Waals surface area contributed by atoms with Crippen LogP contribution in [0.5, 0.6) is 0 Å². The van der Waals surface area contributed by atoms with Gasteiger partial charge in [0.2, 0.25) is 0 Å². The van der Waals surface area contributed by atoms with E-state index in [0.29, 0.717) is 5.69 Å². The van der Waals surface area contributed by atoms with E-state index in [1.807, 2.05) is 74.4 Å². The van der Waals surface area contributed by atoms with Crippen molar-refractivity contribution in [1.82, 2.24) is 4.57 Å². The second-order valence-electron chi connectivity index (χ2n) is 6.74. The Labute approximate surface area is 164 Å². The molecule has 0 bridgehead atoms. The van der Waals surface area contributed by atoms with Gasteiger partial charge >= 0.3 is 0 Å². The molecule has 3 rings (SSSR count). The monoisotopic (exact) mass is 373 g/mol. The van der Waals surface area contributed by atoms with Gasteiger partial charge in [0.05, 0.1) is 0 Å². The SMILES string of the molecule is Cc1ccc(NC(=O)/C(=C\c2ccc(N(C)C)cc2)n2ccccc2=O)cc1. The van der Waals surface area contributed by atoms with Crippen LogP contribution in [-0.2, 0) is 4.79 Å². The molecule has 0 aliphatic rings. The largest absolute Gasteiger partial charge is 0.378 e. The summed E-state index contributed by atoms with van der Waals surface area (Å²) >= 11 is 0. The van der Waals surface area contributed by atoms with Gasteiger partial charge in [-0.2, -0.15) is 0 Å². The van der Waals surface area contributed by atoms with Crippen LogP contribution in [0.2, 0.25) is 0 Å². The van der Waals surface area contributed by atoms with E-state index in [0.717, 1.165) is 16.8 Å². The average molecular weight is 373 g/mol. The van der Waals surface area contributed by atoms with Crippen LogP contribution < -0.4 is 15.8 Å². The quantitative estimate of drug-likeness (QED) is 0.691. The third-order valence-corrected chi connectivity index (χ3v) is 4.34. The summed E-state index contributed by atoms with van der Waals surface area (Å²) in [5, 5.41) is 2.87. The highest BCUT2D eigenvalue weighted by atomic mass is 16.2. The summed E-state index contributed by atoms with van der Waals surface area (Å²) in [7, 11) is 3.93. The second-order valence-corrected chi connectivity index (χ2v) is 6.74. The van der Waals surface area contributed by atoms with E-state index in [-0.39, 0.29) is 17.2 Å². The first-order valence-corrected chi connectivity index (χ1v) is 8.99. The first-order chi connectivity index (χ1) is 13.4. The minimum atomic E-state index is -0.353. The maximum absolute atomic E-state index is 13.0. The third-order valence-electron chi connectivity index (χ3n) is 4.34. The Morgan fingerprint density at radius 2 is 1.64 bits per heavy atom. The first-order valence-electron chi connectivity index (χ1n) is 8.99. The average Bonchev–Trinajstić information content (AvgIpc) is 2.69. The van der Waals surface area contributed by atoms with Gasteiger partial charge < -0.3 is 10.2 Å². The summed E-state index contributed by atoms with van der Waals surface area (Å²) in [6, 6.07) is 20.1. The van der Waals surface area contributed by atoms with Crippen LogP contribution in [0.4, 0.5) is 11.4 Å². The van der Waals surface area contributed by atoms with E-state index in [2.05, 4.69) is 5.32 Å². The molecule has 28 heavy (non-hydrogen) atoms. The van der Waals surface area contributed by atoms with Crippen molar-refractivity contribution < 1.29 is 4.79 Å². The predicted molar refractivity (Wildman–Crippen MR) is 115 cm³/mol. The van der Waals surface area contributed by atoms with Gasteiger partial charge in [0.25, 0.3) is 11.5 Å². The number of hydrogen-bond acceptors (Lipinski definition) is 3. The Balaban J connectivity index is 1.99. The molecule has 0 fully saturated rings. The lowest BCUT2D eigenvalue weighted by Gasteiger charge is -2.13. The molecule has 0 saturated carbocycles. The fourth-order valence-corrected chi connectivity index (χ4v) is 2.73. The molecule has 3 aromatic rings. The van der Waals surface area contributed by atoms with Gasteiger partial charge in [-0.25, -0.2) is 0 Å². The number of anilines is 2. The van der Waals surface area contributed by atoms with Crippen molar-refractivity contribution in [2.24, 2.45) is 0 Å². The summed E-state index contributed by atoms with van der Waals surface area (Å²) in [6.07, 6.45) is 3.31. The number of aryl methyl sites for hydroxylation is 1. The number of nitrogens with one attached hydrogen (secondary N) is 1. The molecule has 1 amide bonds. The number of hydrogen-bond donors (Lipinski definition) is 1. The number of benzene rings is 2. The molecular weight excluding hydrogens is 350 g/mol. The maximum atomic E-state index is 13.0. The maximum Gasteiger partial charge on any atom is 0.272 e. The molecule has 0 saturated heterocycles. The van der Waals surface area contributed by atoms with E-state index in [4.69, 9.17) is 0 Å². The summed E-state index contributed by atoms with van der Waals surface area (Å²) in [4.78, 5) is 27.3. The van der Waals surface area contributed by atoms with Gasteiger partial charge in [0.1, 0.15) is 5.70 Å². The van der Waals surface area contributed by atoms with Crippen LogP contribution in [-0.4, -0.2) is 24.6 Å². The number of amides is 1. The number of aromatic nitrogens is 1. The standard InChI is InChI=1S/C23H23N3O2/c1-17-7-11-19(12-8-17)24-23(28)21(26-15-5-4-6-22(26)27)16-18-9-13-20(14-10-18)25(2)3/h4-16H,1-3H3,(H,24,28)/b21-16+. The Hall–Kier alpha value is -3.60. The van der Waals surface area contributed by atoms with E-state index in [1.165, 1.54) is 10.6 Å². The van der Waals surface area contributed by atoms with Crippen LogP contribution in [0.25, 0.3) is 11.8 Å². The predicted octanol–water partition coefficient (Wildman–Crippen LogP) is 3.86. The summed E-state index contributed by atoms with van der Waals surface area (Å²) in [5.41, 5.74) is 3.65. The zero-order valence-electron chi connectivity index (χ0n) is 16.2. The number of rotatable bonds is 5. The Bertz CT molecular complexity index is 1050. The highest BCUT2D eigenvalue weighted by Crippen LogP contribution is 2.18. The van der Waals surface area contributed by atoms with Gasteiger partial charge in [0, 0.05) is 37.7 Å². The smallest absolute Gasteiger partial charge is 0.272 e. The third kappa shape index (κ3) is 4.57. The molecule has 0 spiro atoms. The number of nitrogens with zero attached hydrogens (tertiary/aromatic N) is 2. The van der Waals surface area contributed by atoms with E-state index >= 15 is 0 Å². The molecule has 0 atom stereocenters. The zero-order chi connectivity index (χ0) is 20.1. The fraction of sp³-hybridized carbons (Fsp3) is 0.130. The van der Waals surface area contributed by atoms with E-state index in [1.54, 1.807) is 24.4 Å². The lowest BCUT2D eigenvalue weighted by Crippen LogP contribution is -2.25. The molecule has 1 N–H and O–H groups in total. The van der Waals surface area contributed by atoms with Crippen LogP contribution in [0, 0.1) is 6.92 Å². The summed E-state index contributed by atoms with van der Waals surface area (Å²) in [5.74, 6) is -0.353. The summed E-state index contributed by atoms with van der Waals surface area (Å²) in [6.45, 7) is 1.98. The highest BCUT2D eigenvalue weighted by molar-refractivity contribution is 6.24. The van der Waals surface area contributed by atoms with Crippen LogP contribution in [0.1, 0.15) is 11.1 Å². The van der Waals surface area contributed by atoms with Crippen LogP contribution in [0.3, 0.4) is 0 Å². The van der Waals surface area contributed by atoms with E-state index in [9.17, 15) is 9.59 Å². The minimum Gasteiger partial charge on any atom is -0.378 e. The van der Waals surface area contributed by atoms with Gasteiger partial charge in [-0.3, -0.25) is 14.2 Å². The Morgan fingerprint density at radius 3 is 2.25 bits per heavy atom. The Morgan fingerprint density at radius 1 is 0.964 bits per heavy atom. The Kier molecular flexibility index (Phi) is 5.75. The van der Waals surface area contributed by atoms with Crippen molar-refractivity contribution in [3.05, 3.63) is 94.4 Å². The lowest BCUT2D eigenvalue weighted by atomic mass is 10.1. The van der Waals surface area contributed by atoms with Gasteiger partial charge in [-0.15, -0.1) is 0 Å². The summed E-state index contributed by atoms with van der Waals surface area (Å²) < 4.78 is 1.35. The second kappa shape index (κ2) is 8.39. The molecule has 0 aliphatic carbocycles. The minimum absolute atomic E-state index is 0.253. The van der Waals surface area contributed by atoms with Crippen molar-refractivity contribution in [1.29, 1.82) is 0 Å². The molecular formula is C23H23N3O2. The van der Waals surface area contributed by atoms with Crippen LogP contribution >= 0.6 is 0 Å². The van der Waals surface area contributed by atoms with Gasteiger partial charge in [-0.05, 0) is 48.9 Å². The fourth-order valence-electron chi connectivity index (χ4n) is 2.73. The van der Waals surface area contributed by atoms with Crippen molar-refractivity contribution in [3.8, 4) is 0 Å². The molecule has 0 radical (unpaired) electrons. The lowest BCUT2D eigenvalue weighted by molar-refractivity contribution is -0.111. The molecule has 0 unspecified atom stereocenters. The van der Waals surface area contributed by atoms with Crippen molar-refractivity contribution in [2.45, 2.75) is 6.92 Å². The topological polar surface area (TPSA) is 54.3 Å². The number of pyridine rings is 1. The zero-order valence-corrected chi connectivity index (χ0v) is 16.2. The molecule has 142 valence electrons. The van der Waals surface area contributed by atoms with Crippen molar-refractivity contribution >= 4 is 29.1 Å². The van der Waals surface area contributed by atoms with Crippen molar-refractivity contribution in [3.63, 3.8) is 0 Å².